The Labute approximate surface area is 113 Å². The minimum Gasteiger partial charge on any atom is -0.508 e. The van der Waals surface area contributed by atoms with Crippen molar-refractivity contribution in [1.82, 2.24) is 0 Å². The van der Waals surface area contributed by atoms with Gasteiger partial charge in [0, 0.05) is 29.5 Å². The number of benzene rings is 1. The topological polar surface area (TPSA) is 49.7 Å². The van der Waals surface area contributed by atoms with Crippen LogP contribution in [0.3, 0.4) is 0 Å². The maximum Gasteiger partial charge on any atom is 0.131 e. The summed E-state index contributed by atoms with van der Waals surface area (Å²) in [4.78, 5) is 0. The molecule has 1 aliphatic carbocycles. The summed E-state index contributed by atoms with van der Waals surface area (Å²) < 4.78 is 6.04. The van der Waals surface area contributed by atoms with Crippen molar-refractivity contribution in [2.45, 2.75) is 45.1 Å². The molecule has 19 heavy (non-hydrogen) atoms. The number of hydrogen-bond donors (Lipinski definition) is 2. The minimum atomic E-state index is -0.283. The molecule has 2 atom stereocenters. The van der Waals surface area contributed by atoms with Crippen LogP contribution in [-0.2, 0) is 0 Å². The molecule has 3 heteroatoms. The van der Waals surface area contributed by atoms with Gasteiger partial charge in [-0.15, -0.1) is 0 Å². The fourth-order valence-corrected chi connectivity index (χ4v) is 3.55. The van der Waals surface area contributed by atoms with Crippen LogP contribution in [0.2, 0.25) is 0 Å². The van der Waals surface area contributed by atoms with Crippen LogP contribution in [0, 0.1) is 5.92 Å². The van der Waals surface area contributed by atoms with Gasteiger partial charge in [-0.1, -0.05) is 11.6 Å². The Kier molecular flexibility index (Phi) is 2.56. The van der Waals surface area contributed by atoms with Crippen LogP contribution in [0.4, 0.5) is 0 Å². The van der Waals surface area contributed by atoms with E-state index in [2.05, 4.69) is 26.8 Å². The summed E-state index contributed by atoms with van der Waals surface area (Å²) in [7, 11) is 0. The third kappa shape index (κ3) is 1.88. The first-order valence-electron chi connectivity index (χ1n) is 6.79. The van der Waals surface area contributed by atoms with E-state index in [0.29, 0.717) is 11.7 Å². The number of hydrogen-bond acceptors (Lipinski definition) is 3. The van der Waals surface area contributed by atoms with E-state index >= 15 is 0 Å². The second kappa shape index (κ2) is 3.92. The standard InChI is InChI=1S/C16H20O3/c1-9-4-5-12-11(6-9)15-13(18)7-10(17)8-14(15)19-16(12,2)3/h4,7-8,11-12,17-18H,5-6H2,1-3H3/t11-,12-/m1/s1. The monoisotopic (exact) mass is 260 g/mol. The molecule has 0 saturated carbocycles. The average molecular weight is 260 g/mol. The Balaban J connectivity index is 2.17. The summed E-state index contributed by atoms with van der Waals surface area (Å²) >= 11 is 0. The number of fused-ring (bicyclic) bond motifs is 3. The summed E-state index contributed by atoms with van der Waals surface area (Å²) in [6.07, 6.45) is 4.20. The highest BCUT2D eigenvalue weighted by Gasteiger charge is 2.45. The van der Waals surface area contributed by atoms with Crippen molar-refractivity contribution < 1.29 is 14.9 Å². The number of allylic oxidation sites excluding steroid dienone is 2. The van der Waals surface area contributed by atoms with E-state index in [4.69, 9.17) is 4.74 Å². The van der Waals surface area contributed by atoms with Gasteiger partial charge in [-0.3, -0.25) is 0 Å². The van der Waals surface area contributed by atoms with E-state index in [-0.39, 0.29) is 23.0 Å². The van der Waals surface area contributed by atoms with Crippen molar-refractivity contribution >= 4 is 0 Å². The SMILES string of the molecule is CC1=CC[C@@H]2[C@@H](C1)c1c(O)cc(O)cc1OC2(C)C. The minimum absolute atomic E-state index is 0.0496. The first kappa shape index (κ1) is 12.4. The van der Waals surface area contributed by atoms with Crippen molar-refractivity contribution in [3.05, 3.63) is 29.3 Å². The Morgan fingerprint density at radius 1 is 1.26 bits per heavy atom. The molecule has 2 aliphatic rings. The summed E-state index contributed by atoms with van der Waals surface area (Å²) in [6, 6.07) is 3.02. The van der Waals surface area contributed by atoms with Crippen molar-refractivity contribution in [2.24, 2.45) is 5.92 Å². The van der Waals surface area contributed by atoms with Gasteiger partial charge < -0.3 is 14.9 Å². The predicted octanol–water partition coefficient (Wildman–Crippen LogP) is 3.71. The van der Waals surface area contributed by atoms with Crippen LogP contribution >= 0.6 is 0 Å². The number of rotatable bonds is 0. The lowest BCUT2D eigenvalue weighted by atomic mass is 9.67. The molecule has 0 aromatic heterocycles. The molecule has 1 heterocycles. The molecular weight excluding hydrogens is 240 g/mol. The van der Waals surface area contributed by atoms with Crippen molar-refractivity contribution in [3.8, 4) is 17.2 Å². The van der Waals surface area contributed by atoms with E-state index in [1.165, 1.54) is 11.6 Å². The Morgan fingerprint density at radius 3 is 2.74 bits per heavy atom. The van der Waals surface area contributed by atoms with Gasteiger partial charge in [0.05, 0.1) is 0 Å². The molecule has 0 bridgehead atoms. The van der Waals surface area contributed by atoms with Crippen LogP contribution in [0.1, 0.15) is 45.1 Å². The lowest BCUT2D eigenvalue weighted by Crippen LogP contribution is -2.45. The molecule has 0 amide bonds. The highest BCUT2D eigenvalue weighted by atomic mass is 16.5. The van der Waals surface area contributed by atoms with E-state index in [1.807, 2.05) is 0 Å². The molecule has 3 rings (SSSR count). The fourth-order valence-electron chi connectivity index (χ4n) is 3.55. The fraction of sp³-hybridized carbons (Fsp3) is 0.500. The highest BCUT2D eigenvalue weighted by Crippen LogP contribution is 2.54. The summed E-state index contributed by atoms with van der Waals surface area (Å²) in [6.45, 7) is 6.31. The second-order valence-electron chi connectivity index (χ2n) is 6.29. The van der Waals surface area contributed by atoms with Gasteiger partial charge in [0.1, 0.15) is 22.8 Å². The van der Waals surface area contributed by atoms with Crippen LogP contribution in [0.15, 0.2) is 23.8 Å². The quantitative estimate of drug-likeness (QED) is 0.699. The second-order valence-corrected chi connectivity index (χ2v) is 6.29. The molecule has 3 nitrogen and oxygen atoms in total. The zero-order valence-electron chi connectivity index (χ0n) is 11.6. The van der Waals surface area contributed by atoms with Gasteiger partial charge in [0.2, 0.25) is 0 Å². The van der Waals surface area contributed by atoms with Gasteiger partial charge >= 0.3 is 0 Å². The molecule has 0 radical (unpaired) electrons. The van der Waals surface area contributed by atoms with Crippen molar-refractivity contribution in [3.63, 3.8) is 0 Å². The molecule has 0 spiro atoms. The predicted molar refractivity (Wildman–Crippen MR) is 73.7 cm³/mol. The molecular formula is C16H20O3. The van der Waals surface area contributed by atoms with Crippen LogP contribution < -0.4 is 4.74 Å². The van der Waals surface area contributed by atoms with Gasteiger partial charge in [-0.05, 0) is 33.6 Å². The van der Waals surface area contributed by atoms with Crippen LogP contribution in [-0.4, -0.2) is 15.8 Å². The summed E-state index contributed by atoms with van der Waals surface area (Å²) in [5.74, 6) is 1.45. The zero-order valence-corrected chi connectivity index (χ0v) is 11.6. The lowest BCUT2D eigenvalue weighted by molar-refractivity contribution is 0.00741. The van der Waals surface area contributed by atoms with E-state index in [0.717, 1.165) is 18.4 Å². The molecule has 1 aromatic carbocycles. The van der Waals surface area contributed by atoms with Crippen LogP contribution in [0.5, 0.6) is 17.2 Å². The van der Waals surface area contributed by atoms with Gasteiger partial charge in [0.25, 0.3) is 0 Å². The maximum atomic E-state index is 10.2. The highest BCUT2D eigenvalue weighted by molar-refractivity contribution is 5.54. The van der Waals surface area contributed by atoms with Crippen molar-refractivity contribution in [2.75, 3.05) is 0 Å². The van der Waals surface area contributed by atoms with Gasteiger partial charge in [-0.25, -0.2) is 0 Å². The smallest absolute Gasteiger partial charge is 0.131 e. The largest absolute Gasteiger partial charge is 0.508 e. The third-order valence-corrected chi connectivity index (χ3v) is 4.49. The summed E-state index contributed by atoms with van der Waals surface area (Å²) in [5, 5.41) is 19.8. The lowest BCUT2D eigenvalue weighted by Gasteiger charge is -2.46. The first-order chi connectivity index (χ1) is 8.88. The summed E-state index contributed by atoms with van der Waals surface area (Å²) in [5.41, 5.74) is 1.93. The molecule has 0 saturated heterocycles. The number of phenolic OH excluding ortho intramolecular Hbond substituents is 2. The molecule has 102 valence electrons. The molecule has 1 aliphatic heterocycles. The normalized spacial score (nSPS) is 27.8. The Hall–Kier alpha value is -1.64. The molecule has 0 unspecified atom stereocenters. The number of aromatic hydroxyl groups is 2. The van der Waals surface area contributed by atoms with Gasteiger partial charge in [0.15, 0.2) is 0 Å². The Bertz CT molecular complexity index is 557. The molecule has 0 fully saturated rings. The Morgan fingerprint density at radius 2 is 2.00 bits per heavy atom. The maximum absolute atomic E-state index is 10.2. The van der Waals surface area contributed by atoms with E-state index in [9.17, 15) is 10.2 Å². The third-order valence-electron chi connectivity index (χ3n) is 4.49. The average Bonchev–Trinajstić information content (AvgIpc) is 2.25. The van der Waals surface area contributed by atoms with Crippen molar-refractivity contribution in [1.29, 1.82) is 0 Å². The zero-order chi connectivity index (χ0) is 13.8. The first-order valence-corrected chi connectivity index (χ1v) is 6.79. The molecule has 2 N–H and O–H groups in total. The number of phenols is 2. The molecule has 1 aromatic rings. The van der Waals surface area contributed by atoms with Gasteiger partial charge in [-0.2, -0.15) is 0 Å². The van der Waals surface area contributed by atoms with Crippen LogP contribution in [0.25, 0.3) is 0 Å². The number of ether oxygens (including phenoxy) is 1. The van der Waals surface area contributed by atoms with E-state index < -0.39 is 0 Å². The van der Waals surface area contributed by atoms with E-state index in [1.54, 1.807) is 6.07 Å².